The zero-order chi connectivity index (χ0) is 16.2. The summed E-state index contributed by atoms with van der Waals surface area (Å²) in [7, 11) is 0. The van der Waals surface area contributed by atoms with Gasteiger partial charge in [0.2, 0.25) is 5.91 Å². The molecule has 1 aliphatic rings. The van der Waals surface area contributed by atoms with Gasteiger partial charge in [-0.15, -0.1) is 0 Å². The largest absolute Gasteiger partial charge is 0.370 e. The van der Waals surface area contributed by atoms with Crippen LogP contribution in [0.5, 0.6) is 0 Å². The van der Waals surface area contributed by atoms with Crippen LogP contribution >= 0.6 is 0 Å². The van der Waals surface area contributed by atoms with E-state index in [0.29, 0.717) is 12.4 Å². The highest BCUT2D eigenvalue weighted by atomic mass is 16.2. The first kappa shape index (κ1) is 15.4. The number of fused-ring (bicyclic) bond motifs is 1. The minimum Gasteiger partial charge on any atom is -0.370 e. The quantitative estimate of drug-likeness (QED) is 0.938. The van der Waals surface area contributed by atoms with E-state index < -0.39 is 0 Å². The molecule has 6 heteroatoms. The van der Waals surface area contributed by atoms with Crippen LogP contribution in [-0.2, 0) is 17.8 Å². The van der Waals surface area contributed by atoms with Gasteiger partial charge in [-0.1, -0.05) is 6.92 Å². The summed E-state index contributed by atoms with van der Waals surface area (Å²) >= 11 is 0. The summed E-state index contributed by atoms with van der Waals surface area (Å²) in [6, 6.07) is 3.82. The Morgan fingerprint density at radius 2 is 2.26 bits per heavy atom. The van der Waals surface area contributed by atoms with E-state index in [1.165, 1.54) is 0 Å². The van der Waals surface area contributed by atoms with E-state index in [-0.39, 0.29) is 5.91 Å². The molecule has 0 radical (unpaired) electrons. The third kappa shape index (κ3) is 3.31. The fraction of sp³-hybridized carbons (Fsp3) is 0.412. The van der Waals surface area contributed by atoms with Crippen LogP contribution in [0.3, 0.4) is 0 Å². The lowest BCUT2D eigenvalue weighted by atomic mass is 10.0. The number of carbonyl (C=O) groups is 1. The fourth-order valence-electron chi connectivity index (χ4n) is 2.71. The lowest BCUT2D eigenvalue weighted by molar-refractivity contribution is -0.129. The van der Waals surface area contributed by atoms with Crippen LogP contribution in [0.25, 0.3) is 11.4 Å². The third-order valence-corrected chi connectivity index (χ3v) is 3.97. The van der Waals surface area contributed by atoms with Gasteiger partial charge < -0.3 is 10.2 Å². The Kier molecular flexibility index (Phi) is 4.50. The Bertz CT molecular complexity index is 702. The molecule has 0 unspecified atom stereocenters. The van der Waals surface area contributed by atoms with Crippen molar-refractivity contribution >= 4 is 11.7 Å². The molecular weight excluding hydrogens is 290 g/mol. The maximum atomic E-state index is 11.7. The number of hydrogen-bond donors (Lipinski definition) is 1. The van der Waals surface area contributed by atoms with Gasteiger partial charge in [0.1, 0.15) is 5.82 Å². The number of aromatic nitrogens is 3. The number of carbonyl (C=O) groups excluding carboxylic acids is 1. The van der Waals surface area contributed by atoms with E-state index in [4.69, 9.17) is 9.97 Å². The molecule has 0 bridgehead atoms. The van der Waals surface area contributed by atoms with E-state index in [2.05, 4.69) is 17.2 Å². The van der Waals surface area contributed by atoms with Gasteiger partial charge in [-0.2, -0.15) is 0 Å². The first-order chi connectivity index (χ1) is 11.2. The minimum atomic E-state index is 0.0836. The van der Waals surface area contributed by atoms with Gasteiger partial charge in [-0.25, -0.2) is 9.97 Å². The molecule has 1 N–H and O–H groups in total. The highest BCUT2D eigenvalue weighted by Crippen LogP contribution is 2.27. The molecule has 0 saturated carbocycles. The van der Waals surface area contributed by atoms with Gasteiger partial charge in [0.05, 0.1) is 12.2 Å². The summed E-state index contributed by atoms with van der Waals surface area (Å²) in [5, 5.41) is 3.40. The smallest absolute Gasteiger partial charge is 0.219 e. The Labute approximate surface area is 136 Å². The van der Waals surface area contributed by atoms with Crippen molar-refractivity contribution in [3.8, 4) is 11.4 Å². The first-order valence-electron chi connectivity index (χ1n) is 7.98. The lowest BCUT2D eigenvalue weighted by Gasteiger charge is -2.28. The van der Waals surface area contributed by atoms with E-state index in [1.807, 2.05) is 17.0 Å². The molecule has 0 spiro atoms. The molecule has 2 aromatic rings. The van der Waals surface area contributed by atoms with Crippen LogP contribution < -0.4 is 5.32 Å². The fourth-order valence-corrected chi connectivity index (χ4v) is 2.71. The molecule has 3 rings (SSSR count). The van der Waals surface area contributed by atoms with Gasteiger partial charge in [0, 0.05) is 43.5 Å². The molecule has 1 aliphatic heterocycles. The molecule has 0 atom stereocenters. The van der Waals surface area contributed by atoms with Crippen LogP contribution in [0.2, 0.25) is 0 Å². The van der Waals surface area contributed by atoms with Crippen LogP contribution in [-0.4, -0.2) is 38.8 Å². The molecule has 1 amide bonds. The minimum absolute atomic E-state index is 0.0836. The SMILES string of the molecule is CCCNc1nc(-c2cccnc2)nc2c1CCN(C(C)=O)C2. The summed E-state index contributed by atoms with van der Waals surface area (Å²) < 4.78 is 0. The van der Waals surface area contributed by atoms with E-state index in [0.717, 1.165) is 48.6 Å². The van der Waals surface area contributed by atoms with Gasteiger partial charge in [-0.05, 0) is 25.0 Å². The molecule has 0 fully saturated rings. The number of hydrogen-bond acceptors (Lipinski definition) is 5. The molecule has 0 saturated heterocycles. The Balaban J connectivity index is 2.02. The molecule has 0 aliphatic carbocycles. The van der Waals surface area contributed by atoms with Crippen molar-refractivity contribution in [3.63, 3.8) is 0 Å². The predicted octanol–water partition coefficient (Wildman–Crippen LogP) is 2.27. The zero-order valence-electron chi connectivity index (χ0n) is 13.5. The second-order valence-corrected chi connectivity index (χ2v) is 5.68. The number of rotatable bonds is 4. The monoisotopic (exact) mass is 311 g/mol. The highest BCUT2D eigenvalue weighted by molar-refractivity contribution is 5.74. The molecule has 3 heterocycles. The van der Waals surface area contributed by atoms with Crippen molar-refractivity contribution in [1.29, 1.82) is 0 Å². The number of pyridine rings is 1. The van der Waals surface area contributed by atoms with Crippen LogP contribution in [0.1, 0.15) is 31.5 Å². The van der Waals surface area contributed by atoms with Gasteiger partial charge >= 0.3 is 0 Å². The van der Waals surface area contributed by atoms with Crippen molar-refractivity contribution in [2.45, 2.75) is 33.2 Å². The Hall–Kier alpha value is -2.50. The summed E-state index contributed by atoms with van der Waals surface area (Å²) in [6.45, 7) is 5.86. The van der Waals surface area contributed by atoms with Crippen LogP contribution in [0.4, 0.5) is 5.82 Å². The molecular formula is C17H21N5O. The highest BCUT2D eigenvalue weighted by Gasteiger charge is 2.23. The second-order valence-electron chi connectivity index (χ2n) is 5.68. The molecule has 120 valence electrons. The zero-order valence-corrected chi connectivity index (χ0v) is 13.5. The third-order valence-electron chi connectivity index (χ3n) is 3.97. The summed E-state index contributed by atoms with van der Waals surface area (Å²) in [5.41, 5.74) is 2.94. The van der Waals surface area contributed by atoms with Crippen LogP contribution in [0, 0.1) is 0 Å². The summed E-state index contributed by atoms with van der Waals surface area (Å²) in [6.07, 6.45) is 5.31. The van der Waals surface area contributed by atoms with Crippen molar-refractivity contribution in [1.82, 2.24) is 19.9 Å². The van der Waals surface area contributed by atoms with Crippen molar-refractivity contribution < 1.29 is 4.79 Å². The average molecular weight is 311 g/mol. The molecule has 0 aromatic carbocycles. The van der Waals surface area contributed by atoms with Gasteiger partial charge in [0.25, 0.3) is 0 Å². The molecule has 6 nitrogen and oxygen atoms in total. The Morgan fingerprint density at radius 3 is 2.96 bits per heavy atom. The van der Waals surface area contributed by atoms with Crippen molar-refractivity contribution in [2.24, 2.45) is 0 Å². The molecule has 2 aromatic heterocycles. The van der Waals surface area contributed by atoms with Gasteiger partial charge in [0.15, 0.2) is 5.82 Å². The summed E-state index contributed by atoms with van der Waals surface area (Å²) in [4.78, 5) is 27.0. The normalized spacial score (nSPS) is 13.6. The van der Waals surface area contributed by atoms with E-state index in [1.54, 1.807) is 19.3 Å². The number of anilines is 1. The molecule has 23 heavy (non-hydrogen) atoms. The van der Waals surface area contributed by atoms with Gasteiger partial charge in [-0.3, -0.25) is 9.78 Å². The van der Waals surface area contributed by atoms with Crippen molar-refractivity contribution in [3.05, 3.63) is 35.8 Å². The number of nitrogens with zero attached hydrogens (tertiary/aromatic N) is 4. The van der Waals surface area contributed by atoms with E-state index >= 15 is 0 Å². The average Bonchev–Trinajstić information content (AvgIpc) is 2.59. The lowest BCUT2D eigenvalue weighted by Crippen LogP contribution is -2.35. The second kappa shape index (κ2) is 6.73. The summed E-state index contributed by atoms with van der Waals surface area (Å²) in [5.74, 6) is 1.63. The topological polar surface area (TPSA) is 71.0 Å². The number of nitrogens with one attached hydrogen (secondary N) is 1. The maximum Gasteiger partial charge on any atom is 0.219 e. The standard InChI is InChI=1S/C17H21N5O/c1-3-7-19-17-14-6-9-22(12(2)23)11-15(14)20-16(21-17)13-5-4-8-18-10-13/h4-5,8,10H,3,6-7,9,11H2,1-2H3,(H,19,20,21). The van der Waals surface area contributed by atoms with Crippen molar-refractivity contribution in [2.75, 3.05) is 18.4 Å². The maximum absolute atomic E-state index is 11.7. The van der Waals surface area contributed by atoms with E-state index in [9.17, 15) is 4.79 Å². The Morgan fingerprint density at radius 1 is 1.39 bits per heavy atom. The number of amides is 1. The predicted molar refractivity (Wildman–Crippen MR) is 88.8 cm³/mol. The van der Waals surface area contributed by atoms with Crippen LogP contribution in [0.15, 0.2) is 24.5 Å². The first-order valence-corrected chi connectivity index (χ1v) is 7.98.